The Balaban J connectivity index is 1.25. The lowest BCUT2D eigenvalue weighted by atomic mass is 10.1. The van der Waals surface area contributed by atoms with Gasteiger partial charge in [0.2, 0.25) is 0 Å². The lowest BCUT2D eigenvalue weighted by molar-refractivity contribution is -0.139. The van der Waals surface area contributed by atoms with Gasteiger partial charge in [0, 0.05) is 15.1 Å². The molecule has 8 nitrogen and oxygen atoms in total. The predicted octanol–water partition coefficient (Wildman–Crippen LogP) is 8.00. The maximum Gasteiger partial charge on any atom is 0.341 e. The van der Waals surface area contributed by atoms with Gasteiger partial charge in [-0.15, -0.1) is 11.3 Å². The van der Waals surface area contributed by atoms with Crippen molar-refractivity contribution in [1.82, 2.24) is 4.98 Å². The second kappa shape index (κ2) is 14.4. The van der Waals surface area contributed by atoms with Gasteiger partial charge in [0.1, 0.15) is 10.8 Å². The van der Waals surface area contributed by atoms with Gasteiger partial charge in [0.25, 0.3) is 5.91 Å². The maximum absolute atomic E-state index is 13.2. The largest absolute Gasteiger partial charge is 0.480 e. The average Bonchev–Trinajstić information content (AvgIpc) is 3.42. The molecule has 0 spiro atoms. The van der Waals surface area contributed by atoms with Crippen LogP contribution in [0.3, 0.4) is 0 Å². The lowest BCUT2D eigenvalue weighted by Gasteiger charge is -2.14. The minimum absolute atomic E-state index is 0.0782. The molecule has 2 N–H and O–H groups in total. The van der Waals surface area contributed by atoms with E-state index in [0.29, 0.717) is 23.4 Å². The Morgan fingerprint density at radius 2 is 1.73 bits per heavy atom. The standard InChI is InChI=1S/C33H26BrClN2O6S2/c34-24-9-15-30-28(19-24)36-31(44-30)16-6-21-3-7-23(8-4-21)33(40)37-27-18-22(5-14-29(27)43-20-32(38)39)2-1-17-45(41,42)26-12-10-25(35)11-13-26/h3-16,18-19H,1-2,17,20H2,(H,37,40)(H,38,39). The molecule has 0 bridgehead atoms. The Bertz CT molecular complexity index is 1990. The number of carbonyl (C=O) groups excluding carboxylic acids is 1. The van der Waals surface area contributed by atoms with E-state index >= 15 is 0 Å². The summed E-state index contributed by atoms with van der Waals surface area (Å²) in [6.07, 6.45) is 4.58. The Kier molecular flexibility index (Phi) is 10.3. The molecule has 0 aliphatic heterocycles. The number of aliphatic carboxylic acids is 1. The van der Waals surface area contributed by atoms with E-state index < -0.39 is 28.3 Å². The molecule has 230 valence electrons. The first-order valence-electron chi connectivity index (χ1n) is 13.7. The zero-order valence-electron chi connectivity index (χ0n) is 23.6. The van der Waals surface area contributed by atoms with E-state index in [4.69, 9.17) is 21.4 Å². The van der Waals surface area contributed by atoms with Gasteiger partial charge >= 0.3 is 5.97 Å². The van der Waals surface area contributed by atoms with Crippen molar-refractivity contribution in [1.29, 1.82) is 0 Å². The van der Waals surface area contributed by atoms with Crippen LogP contribution in [0.1, 0.15) is 32.9 Å². The van der Waals surface area contributed by atoms with Crippen molar-refractivity contribution in [3.05, 3.63) is 116 Å². The highest BCUT2D eigenvalue weighted by atomic mass is 79.9. The third-order valence-corrected chi connectivity index (χ3v) is 10.2. The molecule has 12 heteroatoms. The molecule has 5 aromatic rings. The molecule has 0 aliphatic rings. The Morgan fingerprint density at radius 3 is 2.47 bits per heavy atom. The van der Waals surface area contributed by atoms with Gasteiger partial charge in [0.15, 0.2) is 16.4 Å². The molecule has 1 heterocycles. The average molecular weight is 726 g/mol. The van der Waals surface area contributed by atoms with Crippen molar-refractivity contribution in [2.24, 2.45) is 0 Å². The van der Waals surface area contributed by atoms with Gasteiger partial charge in [-0.05, 0) is 96.8 Å². The van der Waals surface area contributed by atoms with Crippen LogP contribution in [0.5, 0.6) is 5.75 Å². The summed E-state index contributed by atoms with van der Waals surface area (Å²) in [4.78, 5) is 29.1. The fraction of sp³-hybridized carbons (Fsp3) is 0.121. The number of amides is 1. The zero-order valence-corrected chi connectivity index (χ0v) is 27.5. The number of halogens is 2. The van der Waals surface area contributed by atoms with Crippen molar-refractivity contribution in [3.63, 3.8) is 0 Å². The maximum atomic E-state index is 13.2. The summed E-state index contributed by atoms with van der Waals surface area (Å²) in [5, 5.41) is 13.2. The summed E-state index contributed by atoms with van der Waals surface area (Å²) in [6, 6.07) is 23.9. The number of benzene rings is 4. The highest BCUT2D eigenvalue weighted by Gasteiger charge is 2.16. The number of sulfone groups is 1. The molecule has 5 rings (SSSR count). The van der Waals surface area contributed by atoms with E-state index in [0.717, 1.165) is 30.8 Å². The van der Waals surface area contributed by atoms with Gasteiger partial charge in [-0.3, -0.25) is 4.79 Å². The number of hydrogen-bond donors (Lipinski definition) is 2. The minimum atomic E-state index is -3.50. The van der Waals surface area contributed by atoms with Gasteiger partial charge in [-0.25, -0.2) is 18.2 Å². The van der Waals surface area contributed by atoms with E-state index in [-0.39, 0.29) is 22.1 Å². The predicted molar refractivity (Wildman–Crippen MR) is 182 cm³/mol. The number of hydrogen-bond acceptors (Lipinski definition) is 7. The first-order valence-corrected chi connectivity index (χ1v) is 17.3. The summed E-state index contributed by atoms with van der Waals surface area (Å²) in [5.74, 6) is -1.47. The number of carboxylic acids is 1. The molecule has 0 saturated heterocycles. The number of carbonyl (C=O) groups is 2. The van der Waals surface area contributed by atoms with Gasteiger partial charge < -0.3 is 15.2 Å². The summed E-state index contributed by atoms with van der Waals surface area (Å²) < 4.78 is 32.9. The highest BCUT2D eigenvalue weighted by molar-refractivity contribution is 9.10. The van der Waals surface area contributed by atoms with E-state index in [9.17, 15) is 18.0 Å². The van der Waals surface area contributed by atoms with Crippen LogP contribution in [-0.2, 0) is 21.1 Å². The zero-order chi connectivity index (χ0) is 32.0. The summed E-state index contributed by atoms with van der Waals surface area (Å²) >= 11 is 10.9. The van der Waals surface area contributed by atoms with E-state index in [1.54, 1.807) is 41.7 Å². The van der Waals surface area contributed by atoms with Crippen molar-refractivity contribution >= 4 is 88.6 Å². The molecule has 0 unspecified atom stereocenters. The number of fused-ring (bicyclic) bond motifs is 1. The topological polar surface area (TPSA) is 123 Å². The number of nitrogens with one attached hydrogen (secondary N) is 1. The number of anilines is 1. The van der Waals surface area contributed by atoms with Gasteiger partial charge in [-0.1, -0.05) is 51.8 Å². The molecule has 45 heavy (non-hydrogen) atoms. The summed E-state index contributed by atoms with van der Waals surface area (Å²) in [5.41, 5.74) is 3.22. The van der Waals surface area contributed by atoms with Crippen molar-refractivity contribution < 1.29 is 27.9 Å². The van der Waals surface area contributed by atoms with Crippen LogP contribution in [0.15, 0.2) is 94.3 Å². The van der Waals surface area contributed by atoms with Crippen LogP contribution in [0.4, 0.5) is 5.69 Å². The Hall–Kier alpha value is -4.03. The second-order valence-corrected chi connectivity index (χ2v) is 14.5. The van der Waals surface area contributed by atoms with Gasteiger partial charge in [0.05, 0.1) is 26.6 Å². The second-order valence-electron chi connectivity index (χ2n) is 9.96. The number of aromatic nitrogens is 1. The van der Waals surface area contributed by atoms with Crippen LogP contribution in [0, 0.1) is 0 Å². The van der Waals surface area contributed by atoms with Crippen LogP contribution in [-0.4, -0.2) is 42.7 Å². The SMILES string of the molecule is O=C(O)COc1ccc(CCCS(=O)(=O)c2ccc(Cl)cc2)cc1NC(=O)c1ccc(C=Cc2nc3cc(Br)ccc3s2)cc1. The molecule has 1 amide bonds. The number of nitrogens with zero attached hydrogens (tertiary/aromatic N) is 1. The minimum Gasteiger partial charge on any atom is -0.480 e. The molecule has 4 aromatic carbocycles. The quantitative estimate of drug-likeness (QED) is 0.134. The fourth-order valence-electron chi connectivity index (χ4n) is 4.42. The van der Waals surface area contributed by atoms with E-state index in [1.165, 1.54) is 24.3 Å². The first kappa shape index (κ1) is 32.4. The molecule has 0 radical (unpaired) electrons. The third kappa shape index (κ3) is 8.79. The van der Waals surface area contributed by atoms with Crippen molar-refractivity contribution in [2.45, 2.75) is 17.7 Å². The number of aryl methyl sites for hydroxylation is 1. The molecule has 0 fully saturated rings. The van der Waals surface area contributed by atoms with Crippen LogP contribution >= 0.6 is 38.9 Å². The monoisotopic (exact) mass is 724 g/mol. The molecule has 1 aromatic heterocycles. The lowest BCUT2D eigenvalue weighted by Crippen LogP contribution is -2.15. The number of carboxylic acid groups (broad SMARTS) is 1. The molecule has 0 atom stereocenters. The molecular weight excluding hydrogens is 700 g/mol. The number of rotatable bonds is 12. The normalized spacial score (nSPS) is 11.6. The first-order chi connectivity index (χ1) is 21.6. The number of ether oxygens (including phenoxy) is 1. The van der Waals surface area contributed by atoms with Crippen molar-refractivity contribution in [3.8, 4) is 5.75 Å². The third-order valence-electron chi connectivity index (χ3n) is 6.65. The molecule has 0 saturated carbocycles. The van der Waals surface area contributed by atoms with Gasteiger partial charge in [-0.2, -0.15) is 0 Å². The summed E-state index contributed by atoms with van der Waals surface area (Å²) in [6.45, 7) is -0.589. The Morgan fingerprint density at radius 1 is 0.978 bits per heavy atom. The Labute approximate surface area is 277 Å². The van der Waals surface area contributed by atoms with Crippen LogP contribution in [0.25, 0.3) is 22.4 Å². The van der Waals surface area contributed by atoms with E-state index in [2.05, 4.69) is 26.2 Å². The fourth-order valence-corrected chi connectivity index (χ4v) is 7.06. The smallest absolute Gasteiger partial charge is 0.341 e. The van der Waals surface area contributed by atoms with Crippen LogP contribution < -0.4 is 10.1 Å². The highest BCUT2D eigenvalue weighted by Crippen LogP contribution is 2.29. The molecule has 0 aliphatic carbocycles. The number of thiazole rings is 1. The molecular formula is C33H26BrClN2O6S2. The summed E-state index contributed by atoms with van der Waals surface area (Å²) in [7, 11) is -3.50. The van der Waals surface area contributed by atoms with Crippen molar-refractivity contribution in [2.75, 3.05) is 17.7 Å². The van der Waals surface area contributed by atoms with Crippen LogP contribution in [0.2, 0.25) is 5.02 Å². The van der Waals surface area contributed by atoms with E-state index in [1.807, 2.05) is 42.5 Å².